The Morgan fingerprint density at radius 2 is 1.49 bits per heavy atom. The molecule has 0 aliphatic rings. The number of carbonyl (C=O) groups excluding carboxylic acids is 2. The summed E-state index contributed by atoms with van der Waals surface area (Å²) in [7, 11) is -2.51. The van der Waals surface area contributed by atoms with Gasteiger partial charge >= 0.3 is 0 Å². The lowest BCUT2D eigenvalue weighted by molar-refractivity contribution is -0.140. The normalized spacial score (nSPS) is 12.0. The summed E-state index contributed by atoms with van der Waals surface area (Å²) in [4.78, 5) is 29.0. The van der Waals surface area contributed by atoms with E-state index < -0.39 is 28.5 Å². The summed E-state index contributed by atoms with van der Waals surface area (Å²) in [5.74, 6) is 0.156. The summed E-state index contributed by atoms with van der Waals surface area (Å²) >= 11 is 0. The summed E-state index contributed by atoms with van der Waals surface area (Å²) in [5, 5.41) is 2.94. The first kappa shape index (κ1) is 31.7. The molecule has 3 aromatic carbocycles. The van der Waals surface area contributed by atoms with Gasteiger partial charge in [0.15, 0.2) is 0 Å². The number of nitrogens with one attached hydrogen (secondary N) is 1. The molecule has 0 spiro atoms. The SMILES string of the molecule is CCc1ccc(N(CC(=O)N(Cc2ccc(OC)cc2)[C@@H](CC)C(=O)NCC(C)C)S(=O)(=O)c2ccccc2)cc1. The third-order valence-electron chi connectivity index (χ3n) is 6.83. The van der Waals surface area contributed by atoms with Gasteiger partial charge in [-0.15, -0.1) is 0 Å². The lowest BCUT2D eigenvalue weighted by Crippen LogP contribution is -2.52. The van der Waals surface area contributed by atoms with E-state index in [2.05, 4.69) is 5.32 Å². The van der Waals surface area contributed by atoms with Crippen LogP contribution >= 0.6 is 0 Å². The molecule has 220 valence electrons. The number of aryl methyl sites for hydroxylation is 1. The molecule has 0 saturated carbocycles. The highest BCUT2D eigenvalue weighted by Gasteiger charge is 2.33. The fraction of sp³-hybridized carbons (Fsp3) is 0.375. The minimum absolute atomic E-state index is 0.0794. The average Bonchev–Trinajstić information content (AvgIpc) is 2.99. The zero-order chi connectivity index (χ0) is 30.0. The maximum Gasteiger partial charge on any atom is 0.264 e. The fourth-order valence-electron chi connectivity index (χ4n) is 4.42. The highest BCUT2D eigenvalue weighted by molar-refractivity contribution is 7.92. The van der Waals surface area contributed by atoms with Crippen molar-refractivity contribution in [1.82, 2.24) is 10.2 Å². The predicted octanol–water partition coefficient (Wildman–Crippen LogP) is 5.03. The Balaban J connectivity index is 2.03. The van der Waals surface area contributed by atoms with Gasteiger partial charge in [-0.1, -0.05) is 70.2 Å². The third kappa shape index (κ3) is 8.33. The molecule has 41 heavy (non-hydrogen) atoms. The largest absolute Gasteiger partial charge is 0.497 e. The van der Waals surface area contributed by atoms with Crippen molar-refractivity contribution in [1.29, 1.82) is 0 Å². The molecule has 9 heteroatoms. The van der Waals surface area contributed by atoms with Gasteiger partial charge in [0.1, 0.15) is 18.3 Å². The van der Waals surface area contributed by atoms with Crippen LogP contribution in [0.25, 0.3) is 0 Å². The molecule has 3 rings (SSSR count). The molecular weight excluding hydrogens is 538 g/mol. The van der Waals surface area contributed by atoms with Gasteiger partial charge in [-0.05, 0) is 66.3 Å². The molecule has 0 aliphatic carbocycles. The molecule has 1 N–H and O–H groups in total. The number of ether oxygens (including phenoxy) is 1. The van der Waals surface area contributed by atoms with Crippen molar-refractivity contribution in [3.8, 4) is 5.75 Å². The van der Waals surface area contributed by atoms with Crippen molar-refractivity contribution in [2.24, 2.45) is 5.92 Å². The van der Waals surface area contributed by atoms with E-state index in [1.807, 2.05) is 52.0 Å². The van der Waals surface area contributed by atoms with Crippen LogP contribution in [0.3, 0.4) is 0 Å². The van der Waals surface area contributed by atoms with E-state index in [1.165, 1.54) is 17.0 Å². The number of methoxy groups -OCH3 is 1. The number of anilines is 1. The molecule has 2 amide bonds. The Kier molecular flexibility index (Phi) is 11.3. The van der Waals surface area contributed by atoms with Crippen molar-refractivity contribution >= 4 is 27.5 Å². The highest BCUT2D eigenvalue weighted by atomic mass is 32.2. The Bertz CT molecular complexity index is 1380. The Morgan fingerprint density at radius 1 is 0.878 bits per heavy atom. The van der Waals surface area contributed by atoms with E-state index in [-0.39, 0.29) is 23.3 Å². The summed E-state index contributed by atoms with van der Waals surface area (Å²) in [6.07, 6.45) is 1.16. The van der Waals surface area contributed by atoms with E-state index >= 15 is 0 Å². The molecule has 0 aliphatic heterocycles. The molecule has 0 heterocycles. The average molecular weight is 580 g/mol. The van der Waals surface area contributed by atoms with Crippen LogP contribution in [-0.2, 0) is 32.6 Å². The molecule has 0 fully saturated rings. The number of hydrogen-bond acceptors (Lipinski definition) is 5. The number of sulfonamides is 1. The molecule has 8 nitrogen and oxygen atoms in total. The van der Waals surface area contributed by atoms with Crippen molar-refractivity contribution < 1.29 is 22.7 Å². The number of nitrogens with zero attached hydrogens (tertiary/aromatic N) is 2. The Labute approximate surface area is 244 Å². The van der Waals surface area contributed by atoms with E-state index in [0.29, 0.717) is 24.4 Å². The lowest BCUT2D eigenvalue weighted by Gasteiger charge is -2.33. The molecule has 0 bridgehead atoms. The number of benzene rings is 3. The van der Waals surface area contributed by atoms with Gasteiger partial charge in [-0.3, -0.25) is 13.9 Å². The van der Waals surface area contributed by atoms with Gasteiger partial charge in [0.05, 0.1) is 17.7 Å². The van der Waals surface area contributed by atoms with Gasteiger partial charge in [0.25, 0.3) is 10.0 Å². The molecule has 1 atom stereocenters. The molecule has 3 aromatic rings. The topological polar surface area (TPSA) is 96.0 Å². The maximum absolute atomic E-state index is 14.1. The zero-order valence-electron chi connectivity index (χ0n) is 24.5. The lowest BCUT2D eigenvalue weighted by atomic mass is 10.1. The fourth-order valence-corrected chi connectivity index (χ4v) is 5.85. The summed E-state index contributed by atoms with van der Waals surface area (Å²) in [6, 6.07) is 21.7. The van der Waals surface area contributed by atoms with E-state index in [4.69, 9.17) is 4.74 Å². The van der Waals surface area contributed by atoms with Gasteiger partial charge in [0, 0.05) is 13.1 Å². The van der Waals surface area contributed by atoms with Crippen LogP contribution in [0.1, 0.15) is 45.2 Å². The highest BCUT2D eigenvalue weighted by Crippen LogP contribution is 2.25. The molecule has 0 unspecified atom stereocenters. The van der Waals surface area contributed by atoms with E-state index in [0.717, 1.165) is 21.9 Å². The first-order chi connectivity index (χ1) is 19.6. The first-order valence-electron chi connectivity index (χ1n) is 14.0. The van der Waals surface area contributed by atoms with Gasteiger partial charge in [0.2, 0.25) is 11.8 Å². The van der Waals surface area contributed by atoms with Crippen LogP contribution in [0, 0.1) is 5.92 Å². The van der Waals surface area contributed by atoms with Gasteiger partial charge in [-0.25, -0.2) is 8.42 Å². The number of rotatable bonds is 14. The van der Waals surface area contributed by atoms with Crippen LogP contribution in [-0.4, -0.2) is 51.4 Å². The van der Waals surface area contributed by atoms with Crippen molar-refractivity contribution in [2.45, 2.75) is 58.0 Å². The second-order valence-corrected chi connectivity index (χ2v) is 12.1. The van der Waals surface area contributed by atoms with Crippen LogP contribution in [0.2, 0.25) is 0 Å². The second kappa shape index (κ2) is 14.7. The van der Waals surface area contributed by atoms with Crippen LogP contribution in [0.4, 0.5) is 5.69 Å². The van der Waals surface area contributed by atoms with E-state index in [1.54, 1.807) is 49.6 Å². The monoisotopic (exact) mass is 579 g/mol. The summed E-state index contributed by atoms with van der Waals surface area (Å²) in [6.45, 7) is 7.99. The Hall–Kier alpha value is -3.85. The summed E-state index contributed by atoms with van der Waals surface area (Å²) < 4.78 is 34.2. The first-order valence-corrected chi connectivity index (χ1v) is 15.4. The Morgan fingerprint density at radius 3 is 2.02 bits per heavy atom. The van der Waals surface area contributed by atoms with Gasteiger partial charge < -0.3 is 15.0 Å². The predicted molar refractivity (Wildman–Crippen MR) is 162 cm³/mol. The van der Waals surface area contributed by atoms with Crippen molar-refractivity contribution in [3.63, 3.8) is 0 Å². The number of hydrogen-bond donors (Lipinski definition) is 1. The summed E-state index contributed by atoms with van der Waals surface area (Å²) in [5.41, 5.74) is 2.21. The van der Waals surface area contributed by atoms with Gasteiger partial charge in [-0.2, -0.15) is 0 Å². The van der Waals surface area contributed by atoms with Crippen LogP contribution < -0.4 is 14.4 Å². The number of amides is 2. The van der Waals surface area contributed by atoms with Crippen LogP contribution in [0.5, 0.6) is 5.75 Å². The zero-order valence-corrected chi connectivity index (χ0v) is 25.4. The third-order valence-corrected chi connectivity index (χ3v) is 8.61. The molecule has 0 radical (unpaired) electrons. The number of carbonyl (C=O) groups is 2. The minimum atomic E-state index is -4.09. The van der Waals surface area contributed by atoms with E-state index in [9.17, 15) is 18.0 Å². The molecular formula is C32H41N3O5S. The minimum Gasteiger partial charge on any atom is -0.497 e. The molecule has 0 saturated heterocycles. The standard InChI is InChI=1S/C32H41N3O5S/c1-6-25-13-17-27(18-14-25)35(41(38,39)29-11-9-8-10-12-29)23-31(36)34(22-26-15-19-28(40-5)20-16-26)30(7-2)32(37)33-21-24(3)4/h8-20,24,30H,6-7,21-23H2,1-5H3,(H,33,37)/t30-/m0/s1. The maximum atomic E-state index is 14.1. The van der Waals surface area contributed by atoms with Crippen molar-refractivity contribution in [3.05, 3.63) is 90.0 Å². The smallest absolute Gasteiger partial charge is 0.264 e. The van der Waals surface area contributed by atoms with Crippen LogP contribution in [0.15, 0.2) is 83.8 Å². The quantitative estimate of drug-likeness (QED) is 0.289. The second-order valence-electron chi connectivity index (χ2n) is 10.3. The van der Waals surface area contributed by atoms with Crippen molar-refractivity contribution in [2.75, 3.05) is 24.5 Å². The molecule has 0 aromatic heterocycles.